The molecule has 0 rings (SSSR count). The quantitative estimate of drug-likeness (QED) is 0.529. The molecule has 0 aromatic carbocycles. The van der Waals surface area contributed by atoms with Gasteiger partial charge >= 0.3 is 8.80 Å². The van der Waals surface area contributed by atoms with Gasteiger partial charge in [0.05, 0.1) is 6.11 Å². The second kappa shape index (κ2) is 12.5. The molecule has 0 amide bonds. The van der Waals surface area contributed by atoms with Crippen molar-refractivity contribution in [3.8, 4) is 12.5 Å². The van der Waals surface area contributed by atoms with E-state index in [1.165, 1.54) is 0 Å². The van der Waals surface area contributed by atoms with Crippen LogP contribution in [0.1, 0.15) is 35.1 Å². The molecule has 0 aliphatic carbocycles. The highest BCUT2D eigenvalue weighted by Gasteiger charge is 2.41. The largest absolute Gasteiger partial charge is 0.574 e. The fourth-order valence-electron chi connectivity index (χ4n) is 1.14. The predicted octanol–water partition coefficient (Wildman–Crippen LogP) is 2.23. The fraction of sp³-hybridized carbons (Fsp3) is 0.818. The van der Waals surface area contributed by atoms with E-state index in [9.17, 15) is 0 Å². The molecular formula is C11H27NO3Si. The van der Waals surface area contributed by atoms with E-state index in [1.54, 1.807) is 0 Å². The average Bonchev–Trinajstić information content (AvgIpc) is 2.16. The molecule has 0 saturated heterocycles. The van der Waals surface area contributed by atoms with E-state index in [0.717, 1.165) is 6.42 Å². The van der Waals surface area contributed by atoms with Crippen LogP contribution in [-0.2, 0) is 13.3 Å². The molecule has 5 heteroatoms. The van der Waals surface area contributed by atoms with E-state index in [-0.39, 0.29) is 14.9 Å². The van der Waals surface area contributed by atoms with Crippen LogP contribution in [0.25, 0.3) is 0 Å². The summed E-state index contributed by atoms with van der Waals surface area (Å²) in [6.07, 6.45) is 8.08. The van der Waals surface area contributed by atoms with Crippen molar-refractivity contribution in [3.05, 3.63) is 0 Å². The van der Waals surface area contributed by atoms with Crippen LogP contribution >= 0.6 is 0 Å². The van der Waals surface area contributed by atoms with Gasteiger partial charge in [0, 0.05) is 19.3 Å². The molecule has 0 unspecified atom stereocenters. The summed E-state index contributed by atoms with van der Waals surface area (Å²) in [5.41, 5.74) is 5.43. The normalized spacial score (nSPS) is 9.62. The van der Waals surface area contributed by atoms with Crippen LogP contribution in [0.3, 0.4) is 0 Å². The van der Waals surface area contributed by atoms with Crippen LogP contribution in [0.5, 0.6) is 0 Å². The van der Waals surface area contributed by atoms with Crippen LogP contribution < -0.4 is 5.73 Å². The third kappa shape index (κ3) is 7.71. The van der Waals surface area contributed by atoms with Gasteiger partial charge in [-0.15, -0.1) is 0 Å². The van der Waals surface area contributed by atoms with Crippen molar-refractivity contribution in [1.82, 2.24) is 0 Å². The Kier molecular flexibility index (Phi) is 16.3. The summed E-state index contributed by atoms with van der Waals surface area (Å²) in [7, 11) is -2.63. The Morgan fingerprint density at radius 2 is 1.69 bits per heavy atom. The van der Waals surface area contributed by atoms with Crippen LogP contribution in [-0.4, -0.2) is 28.6 Å². The molecule has 0 atom stereocenters. The van der Waals surface area contributed by atoms with E-state index in [0.29, 0.717) is 25.8 Å². The number of nitrogens with two attached hydrogens (primary N) is 1. The number of rotatable bonds is 8. The maximum atomic E-state index is 5.51. The maximum absolute atomic E-state index is 5.51. The van der Waals surface area contributed by atoms with E-state index in [4.69, 9.17) is 25.4 Å². The second-order valence-corrected chi connectivity index (χ2v) is 5.31. The van der Waals surface area contributed by atoms with Gasteiger partial charge in [-0.3, -0.25) is 0 Å². The molecule has 0 spiro atoms. The molecule has 4 nitrogen and oxygen atoms in total. The SMILES string of the molecule is C.C.C#CO[Si](CCCN)(OCC)OCC. The van der Waals surface area contributed by atoms with Crippen LogP contribution in [0.4, 0.5) is 0 Å². The lowest BCUT2D eigenvalue weighted by Gasteiger charge is -2.25. The molecule has 0 aromatic heterocycles. The van der Waals surface area contributed by atoms with Gasteiger partial charge < -0.3 is 19.0 Å². The zero-order valence-corrected chi connectivity index (χ0v) is 9.91. The van der Waals surface area contributed by atoms with E-state index < -0.39 is 8.80 Å². The Hall–Kier alpha value is -0.543. The van der Waals surface area contributed by atoms with E-state index >= 15 is 0 Å². The molecule has 0 aliphatic rings. The number of hydrogen-bond donors (Lipinski definition) is 1. The standard InChI is InChI=1S/C9H19NO3Si.2CH4/c1-4-11-14(12-5-2,13-6-3)9-7-8-10;;/h1H,5-10H2,2-3H3;2*1H4. The molecule has 0 aromatic rings. The summed E-state index contributed by atoms with van der Waals surface area (Å²) in [5.74, 6) is 0. The van der Waals surface area contributed by atoms with Gasteiger partial charge in [-0.05, 0) is 26.8 Å². The lowest BCUT2D eigenvalue weighted by atomic mass is 10.5. The summed E-state index contributed by atoms with van der Waals surface area (Å²) in [5, 5.41) is 0. The Morgan fingerprint density at radius 3 is 2.00 bits per heavy atom. The maximum Gasteiger partial charge on any atom is 0.574 e. The van der Waals surface area contributed by atoms with Gasteiger partial charge in [0.25, 0.3) is 0 Å². The molecule has 2 N–H and O–H groups in total. The van der Waals surface area contributed by atoms with Crippen molar-refractivity contribution in [2.24, 2.45) is 5.73 Å². The lowest BCUT2D eigenvalue weighted by molar-refractivity contribution is 0.106. The third-order valence-corrected chi connectivity index (χ3v) is 4.48. The molecular weight excluding hydrogens is 222 g/mol. The van der Waals surface area contributed by atoms with Gasteiger partial charge in [0.2, 0.25) is 0 Å². The minimum Gasteiger partial charge on any atom is -0.451 e. The van der Waals surface area contributed by atoms with Crippen molar-refractivity contribution >= 4 is 8.80 Å². The van der Waals surface area contributed by atoms with Gasteiger partial charge in [-0.25, -0.2) is 0 Å². The summed E-state index contributed by atoms with van der Waals surface area (Å²) >= 11 is 0. The van der Waals surface area contributed by atoms with E-state index in [1.807, 2.05) is 13.8 Å². The van der Waals surface area contributed by atoms with Crippen LogP contribution in [0, 0.1) is 12.5 Å². The monoisotopic (exact) mass is 249 g/mol. The lowest BCUT2D eigenvalue weighted by Crippen LogP contribution is -2.45. The van der Waals surface area contributed by atoms with Gasteiger partial charge in [-0.1, -0.05) is 21.3 Å². The predicted molar refractivity (Wildman–Crippen MR) is 70.9 cm³/mol. The summed E-state index contributed by atoms with van der Waals surface area (Å²) in [6, 6.07) is 0.676. The fourth-order valence-corrected chi connectivity index (χ4v) is 3.43. The van der Waals surface area contributed by atoms with E-state index in [2.05, 4.69) is 6.11 Å². The first kappa shape index (κ1) is 20.8. The molecule has 0 aliphatic heterocycles. The van der Waals surface area contributed by atoms with Gasteiger partial charge in [0.1, 0.15) is 0 Å². The number of terminal acetylenes is 1. The van der Waals surface area contributed by atoms with Crippen molar-refractivity contribution < 1.29 is 13.3 Å². The van der Waals surface area contributed by atoms with Gasteiger partial charge in [-0.2, -0.15) is 0 Å². The zero-order valence-electron chi connectivity index (χ0n) is 8.91. The van der Waals surface area contributed by atoms with Crippen molar-refractivity contribution in [2.75, 3.05) is 19.8 Å². The molecule has 0 heterocycles. The molecule has 16 heavy (non-hydrogen) atoms. The Bertz CT molecular complexity index is 177. The minimum atomic E-state index is -2.63. The van der Waals surface area contributed by atoms with Crippen molar-refractivity contribution in [3.63, 3.8) is 0 Å². The smallest absolute Gasteiger partial charge is 0.451 e. The Morgan fingerprint density at radius 1 is 1.19 bits per heavy atom. The summed E-state index contributed by atoms with van der Waals surface area (Å²) in [4.78, 5) is 0. The van der Waals surface area contributed by atoms with Crippen molar-refractivity contribution in [2.45, 2.75) is 41.2 Å². The zero-order chi connectivity index (χ0) is 10.9. The molecule has 0 radical (unpaired) electrons. The Labute approximate surface area is 102 Å². The molecule has 0 bridgehead atoms. The highest BCUT2D eigenvalue weighted by atomic mass is 28.4. The first-order valence-corrected chi connectivity index (χ1v) is 6.79. The summed E-state index contributed by atoms with van der Waals surface area (Å²) in [6.45, 7) is 5.45. The topological polar surface area (TPSA) is 53.7 Å². The summed E-state index contributed by atoms with van der Waals surface area (Å²) < 4.78 is 16.2. The van der Waals surface area contributed by atoms with Crippen LogP contribution in [0.15, 0.2) is 0 Å². The first-order chi connectivity index (χ1) is 6.74. The molecule has 98 valence electrons. The highest BCUT2D eigenvalue weighted by Crippen LogP contribution is 2.16. The first-order valence-electron chi connectivity index (χ1n) is 4.86. The van der Waals surface area contributed by atoms with Gasteiger partial charge in [0.15, 0.2) is 0 Å². The third-order valence-electron chi connectivity index (χ3n) is 1.63. The van der Waals surface area contributed by atoms with Crippen LogP contribution in [0.2, 0.25) is 6.04 Å². The molecule has 0 saturated carbocycles. The number of hydrogen-bond acceptors (Lipinski definition) is 4. The average molecular weight is 249 g/mol. The minimum absolute atomic E-state index is 0. The molecule has 0 fully saturated rings. The second-order valence-electron chi connectivity index (χ2n) is 2.66. The Balaban J connectivity index is -0.000000845. The highest BCUT2D eigenvalue weighted by molar-refractivity contribution is 6.61. The van der Waals surface area contributed by atoms with Crippen molar-refractivity contribution in [1.29, 1.82) is 0 Å².